The lowest BCUT2D eigenvalue weighted by Crippen LogP contribution is -2.72. The molecule has 3 aromatic carbocycles. The second kappa shape index (κ2) is 14.9. The summed E-state index contributed by atoms with van der Waals surface area (Å²) < 4.78 is 14.9. The first-order chi connectivity index (χ1) is 29.3. The molecule has 15 nitrogen and oxygen atoms in total. The quantitative estimate of drug-likeness (QED) is 0.158. The molecule has 3 aliphatic heterocycles. The number of carbonyl (C=O) groups excluding carboxylic acids is 4. The Morgan fingerprint density at radius 2 is 1.16 bits per heavy atom. The van der Waals surface area contributed by atoms with Gasteiger partial charge < -0.3 is 26.6 Å². The molecule has 328 valence electrons. The van der Waals surface area contributed by atoms with Crippen molar-refractivity contribution in [3.05, 3.63) is 101 Å². The van der Waals surface area contributed by atoms with Crippen molar-refractivity contribution in [3.63, 3.8) is 0 Å². The van der Waals surface area contributed by atoms with Crippen LogP contribution < -0.4 is 27.0 Å². The molecule has 8 rings (SSSR count). The lowest BCUT2D eigenvalue weighted by atomic mass is 9.64. The number of benzene rings is 3. The summed E-state index contributed by atoms with van der Waals surface area (Å²) in [6.07, 6.45) is -0.643. The van der Waals surface area contributed by atoms with Crippen LogP contribution in [0.25, 0.3) is 0 Å². The molecule has 5 aliphatic rings. The smallest absolute Gasteiger partial charge is 0.411 e. The minimum atomic E-state index is -1.70. The van der Waals surface area contributed by atoms with Crippen molar-refractivity contribution in [1.29, 1.82) is 0 Å². The third kappa shape index (κ3) is 5.81. The van der Waals surface area contributed by atoms with E-state index in [1.165, 1.54) is 12.1 Å². The number of nitrogens with zero attached hydrogens (tertiary/aromatic N) is 3. The van der Waals surface area contributed by atoms with Gasteiger partial charge in [0.2, 0.25) is 11.8 Å². The predicted octanol–water partition coefficient (Wildman–Crippen LogP) is 4.40. The number of carbonyl (C=O) groups is 6. The van der Waals surface area contributed by atoms with Crippen LogP contribution in [0.15, 0.2) is 72.8 Å². The summed E-state index contributed by atoms with van der Waals surface area (Å²) in [5.74, 6) is -3.52. The van der Waals surface area contributed by atoms with E-state index in [0.717, 1.165) is 0 Å². The number of carboxylic acid groups (broad SMARTS) is 2. The zero-order chi connectivity index (χ0) is 44.7. The molecule has 0 radical (unpaired) electrons. The predicted molar refractivity (Wildman–Crippen MR) is 225 cm³/mol. The van der Waals surface area contributed by atoms with E-state index >= 15 is 0 Å². The van der Waals surface area contributed by atoms with E-state index in [2.05, 4.69) is 39.2 Å². The largest absolute Gasteiger partial charge is 0.465 e. The molecule has 3 saturated heterocycles. The Balaban J connectivity index is 1.31. The first-order valence-electron chi connectivity index (χ1n) is 21.2. The molecular formula is C46H54FN7O8. The first-order valence-corrected chi connectivity index (χ1v) is 21.2. The lowest BCUT2D eigenvalue weighted by molar-refractivity contribution is -0.143. The second-order valence-corrected chi connectivity index (χ2v) is 18.6. The van der Waals surface area contributed by atoms with E-state index in [4.69, 9.17) is 11.5 Å². The van der Waals surface area contributed by atoms with Crippen LogP contribution in [0.1, 0.15) is 94.9 Å². The van der Waals surface area contributed by atoms with E-state index in [9.17, 15) is 43.4 Å². The number of imide groups is 2. The highest BCUT2D eigenvalue weighted by Gasteiger charge is 2.70. The normalized spacial score (nSPS) is 33.7. The number of halogens is 1. The maximum atomic E-state index is 14.9. The molecule has 16 heteroatoms. The van der Waals surface area contributed by atoms with Crippen LogP contribution in [0.2, 0.25) is 0 Å². The number of hydrogen-bond donors (Lipinski definition) is 6. The highest BCUT2D eigenvalue weighted by Crippen LogP contribution is 2.61. The topological polar surface area (TPSA) is 229 Å². The van der Waals surface area contributed by atoms with Gasteiger partial charge in [-0.15, -0.1) is 0 Å². The van der Waals surface area contributed by atoms with Gasteiger partial charge in [-0.05, 0) is 105 Å². The number of anilines is 1. The maximum absolute atomic E-state index is 14.9. The highest BCUT2D eigenvalue weighted by atomic mass is 19.1. The maximum Gasteiger partial charge on any atom is 0.411 e. The average Bonchev–Trinajstić information content (AvgIpc) is 3.99. The van der Waals surface area contributed by atoms with Crippen LogP contribution in [-0.4, -0.2) is 92.6 Å². The van der Waals surface area contributed by atoms with Gasteiger partial charge in [-0.2, -0.15) is 0 Å². The van der Waals surface area contributed by atoms with E-state index in [0.29, 0.717) is 73.1 Å². The van der Waals surface area contributed by atoms with Gasteiger partial charge in [-0.25, -0.2) is 14.0 Å². The van der Waals surface area contributed by atoms with Gasteiger partial charge in [-0.3, -0.25) is 39.6 Å². The molecule has 3 aromatic rings. The number of fused-ring (bicyclic) bond motifs is 4. The molecule has 0 spiro atoms. The lowest BCUT2D eigenvalue weighted by Gasteiger charge is -2.57. The van der Waals surface area contributed by atoms with Crippen LogP contribution >= 0.6 is 0 Å². The molecule has 0 saturated carbocycles. The van der Waals surface area contributed by atoms with Crippen molar-refractivity contribution in [2.45, 2.75) is 118 Å². The molecule has 4 bridgehead atoms. The summed E-state index contributed by atoms with van der Waals surface area (Å²) in [5.41, 5.74) is 8.15. The molecular weight excluding hydrogens is 798 g/mol. The molecule has 9 atom stereocenters. The number of amides is 6. The van der Waals surface area contributed by atoms with Crippen molar-refractivity contribution in [2.24, 2.45) is 17.4 Å². The van der Waals surface area contributed by atoms with Gasteiger partial charge >= 0.3 is 12.2 Å². The van der Waals surface area contributed by atoms with Gasteiger partial charge in [0.15, 0.2) is 0 Å². The molecule has 3 heterocycles. The van der Waals surface area contributed by atoms with Gasteiger partial charge in [0.25, 0.3) is 11.8 Å². The third-order valence-corrected chi connectivity index (χ3v) is 15.7. The van der Waals surface area contributed by atoms with Crippen molar-refractivity contribution < 1.29 is 43.4 Å². The van der Waals surface area contributed by atoms with Crippen molar-refractivity contribution in [3.8, 4) is 0 Å². The molecule has 3 fully saturated rings. The molecule has 2 aliphatic carbocycles. The van der Waals surface area contributed by atoms with Gasteiger partial charge in [0.1, 0.15) is 16.9 Å². The first kappa shape index (κ1) is 42.8. The summed E-state index contributed by atoms with van der Waals surface area (Å²) in [4.78, 5) is 86.9. The standard InChI is InChI=1S/C46H54FN7O8/c1-26-21-34(33-13-7-19-52(33)45(38(57)50-40(59)60)29-11-5-9-27(22-29)42(45,2)24-36(48)55)54(32-17-15-31(47)16-18-32)44(26,4)35-14-8-20-53(35)46(39(58)51-41(61)62)30-12-6-10-28(23-30)43(46,3)25-37(49)56/h5-6,9-12,15-18,22-23,26,33-35H,7-8,13-14,19-21,24-25H2,1-4H3,(H2,48,55)(H2,49,56)(H,50,57)(H,51,58)(H,59,60)(H,61,62)/t26?,33?,34-,35?,42?,43?,44-,45+,46+/m0/s1. The highest BCUT2D eigenvalue weighted by molar-refractivity contribution is 6.01. The van der Waals surface area contributed by atoms with Crippen molar-refractivity contribution in [1.82, 2.24) is 20.4 Å². The second-order valence-electron chi connectivity index (χ2n) is 18.6. The molecule has 62 heavy (non-hydrogen) atoms. The number of likely N-dealkylation sites (tertiary alicyclic amines) is 2. The van der Waals surface area contributed by atoms with E-state index in [1.807, 2.05) is 24.3 Å². The number of nitrogens with two attached hydrogens (primary N) is 2. The summed E-state index contributed by atoms with van der Waals surface area (Å²) in [7, 11) is 0. The molecule has 5 unspecified atom stereocenters. The zero-order valence-electron chi connectivity index (χ0n) is 35.3. The number of primary amides is 2. The van der Waals surface area contributed by atoms with Crippen LogP contribution in [0.5, 0.6) is 0 Å². The molecule has 0 aromatic heterocycles. The van der Waals surface area contributed by atoms with Crippen LogP contribution in [0.4, 0.5) is 19.7 Å². The Morgan fingerprint density at radius 3 is 1.66 bits per heavy atom. The van der Waals surface area contributed by atoms with Gasteiger partial charge in [-0.1, -0.05) is 69.3 Å². The summed E-state index contributed by atoms with van der Waals surface area (Å²) in [6, 6.07) is 19.4. The Kier molecular flexibility index (Phi) is 10.3. The molecule has 8 N–H and O–H groups in total. The average molecular weight is 852 g/mol. The Morgan fingerprint density at radius 1 is 0.694 bits per heavy atom. The minimum absolute atomic E-state index is 0.164. The minimum Gasteiger partial charge on any atom is -0.465 e. The zero-order valence-corrected chi connectivity index (χ0v) is 35.3. The monoisotopic (exact) mass is 851 g/mol. The van der Waals surface area contributed by atoms with Crippen LogP contribution in [0, 0.1) is 11.7 Å². The van der Waals surface area contributed by atoms with Crippen molar-refractivity contribution in [2.75, 3.05) is 18.0 Å². The Labute approximate surface area is 359 Å². The summed E-state index contributed by atoms with van der Waals surface area (Å²) in [6.45, 7) is 8.55. The van der Waals surface area contributed by atoms with Gasteiger partial charge in [0, 0.05) is 47.5 Å². The summed E-state index contributed by atoms with van der Waals surface area (Å²) >= 11 is 0. The number of nitrogens with one attached hydrogen (secondary N) is 2. The van der Waals surface area contributed by atoms with E-state index in [1.54, 1.807) is 50.2 Å². The summed E-state index contributed by atoms with van der Waals surface area (Å²) in [5, 5.41) is 24.4. The number of rotatable bonds is 11. The third-order valence-electron chi connectivity index (χ3n) is 15.7. The van der Waals surface area contributed by atoms with E-state index in [-0.39, 0.29) is 18.8 Å². The van der Waals surface area contributed by atoms with Crippen molar-refractivity contribution >= 4 is 41.5 Å². The van der Waals surface area contributed by atoms with Crippen LogP contribution in [-0.2, 0) is 41.1 Å². The molecule has 6 amide bonds. The van der Waals surface area contributed by atoms with Gasteiger partial charge in [0.05, 0.1) is 5.54 Å². The van der Waals surface area contributed by atoms with Crippen LogP contribution in [0.3, 0.4) is 0 Å². The Bertz CT molecular complexity index is 2380. The van der Waals surface area contributed by atoms with E-state index < -0.39 is 87.2 Å². The SMILES string of the molecule is CC1C[C@@H](C2CCCN2[C@@]2(C(=O)NC(=O)O)c3cccc(c3)C2(C)CC(N)=O)N(c2ccc(F)cc2)[C@]1(C)C1CCCN1[C@@]1(C(=O)NC(=O)O)c2cccc(c2)C1(C)CC(N)=O. The number of hydrogen-bond acceptors (Lipinski definition) is 9. The fourth-order valence-electron chi connectivity index (χ4n) is 13.3. The Hall–Kier alpha value is -5.87. The fraction of sp³-hybridized carbons (Fsp3) is 0.478. The fourth-order valence-corrected chi connectivity index (χ4v) is 13.3.